The predicted molar refractivity (Wildman–Crippen MR) is 61.6 cm³/mol. The Balaban J connectivity index is 1.73. The summed E-state index contributed by atoms with van der Waals surface area (Å²) in [6.07, 6.45) is 3.08. The van der Waals surface area contributed by atoms with E-state index in [4.69, 9.17) is 10.5 Å². The molecule has 3 N–H and O–H groups in total. The molecule has 1 aromatic heterocycles. The first-order chi connectivity index (χ1) is 8.24. The van der Waals surface area contributed by atoms with Gasteiger partial charge in [-0.15, -0.1) is 0 Å². The molecule has 1 aliphatic heterocycles. The van der Waals surface area contributed by atoms with Crippen LogP contribution < -0.4 is 15.8 Å². The fraction of sp³-hybridized carbons (Fsp3) is 0.500. The molecular weight excluding hydrogens is 218 g/mol. The molecule has 3 atom stereocenters. The van der Waals surface area contributed by atoms with Crippen LogP contribution in [0.5, 0.6) is 5.75 Å². The second-order valence-electron chi connectivity index (χ2n) is 4.74. The third-order valence-corrected chi connectivity index (χ3v) is 3.60. The molecule has 5 heteroatoms. The van der Waals surface area contributed by atoms with Crippen LogP contribution >= 0.6 is 0 Å². The summed E-state index contributed by atoms with van der Waals surface area (Å²) < 4.78 is 5.92. The number of pyridine rings is 1. The number of aromatic nitrogens is 1. The van der Waals surface area contributed by atoms with Crippen molar-refractivity contribution in [2.45, 2.75) is 12.5 Å². The molecule has 2 bridgehead atoms. The van der Waals surface area contributed by atoms with Crippen molar-refractivity contribution in [1.29, 1.82) is 0 Å². The Kier molecular flexibility index (Phi) is 2.48. The number of nitrogens with one attached hydrogen (secondary N) is 1. The fourth-order valence-corrected chi connectivity index (χ4v) is 2.67. The number of rotatable bonds is 3. The number of fused-ring (bicyclic) bond motifs is 2. The van der Waals surface area contributed by atoms with Gasteiger partial charge >= 0.3 is 0 Å². The summed E-state index contributed by atoms with van der Waals surface area (Å²) in [5.74, 6) is 1.36. The largest absolute Gasteiger partial charge is 0.490 e. The molecule has 3 rings (SSSR count). The van der Waals surface area contributed by atoms with Gasteiger partial charge < -0.3 is 15.8 Å². The topological polar surface area (TPSA) is 77.2 Å². The minimum Gasteiger partial charge on any atom is -0.490 e. The van der Waals surface area contributed by atoms with Gasteiger partial charge in [0.2, 0.25) is 0 Å². The highest BCUT2D eigenvalue weighted by Crippen LogP contribution is 2.39. The third-order valence-electron chi connectivity index (χ3n) is 3.60. The Bertz CT molecular complexity index is 435. The SMILES string of the molecule is NC(=O)c1cc(OC2[C@@H]3CNC[C@H]2C3)ccn1. The maximum Gasteiger partial charge on any atom is 0.267 e. The van der Waals surface area contributed by atoms with Gasteiger partial charge in [0.15, 0.2) is 0 Å². The Morgan fingerprint density at radius 2 is 2.24 bits per heavy atom. The average Bonchev–Trinajstić information content (AvgIpc) is 2.37. The molecular formula is C12H15N3O2. The highest BCUT2D eigenvalue weighted by atomic mass is 16.5. The summed E-state index contributed by atoms with van der Waals surface area (Å²) >= 11 is 0. The lowest BCUT2D eigenvalue weighted by Crippen LogP contribution is -2.59. The molecule has 90 valence electrons. The first kappa shape index (κ1) is 10.5. The quantitative estimate of drug-likeness (QED) is 0.780. The molecule has 1 aromatic rings. The van der Waals surface area contributed by atoms with E-state index in [1.807, 2.05) is 0 Å². The molecule has 1 saturated heterocycles. The minimum absolute atomic E-state index is 0.255. The molecule has 17 heavy (non-hydrogen) atoms. The van der Waals surface area contributed by atoms with Crippen LogP contribution in [0.3, 0.4) is 0 Å². The molecule has 1 amide bonds. The standard InChI is InChI=1S/C12H15N3O2/c13-12(16)10-4-9(1-2-15-10)17-11-7-3-8(11)6-14-5-7/h1-2,4,7-8,11,14H,3,5-6H2,(H2,13,16)/t7-,8+,11?. The first-order valence-electron chi connectivity index (χ1n) is 5.87. The van der Waals surface area contributed by atoms with E-state index in [-0.39, 0.29) is 11.8 Å². The molecule has 1 unspecified atom stereocenters. The van der Waals surface area contributed by atoms with Crippen LogP contribution in [-0.4, -0.2) is 30.1 Å². The zero-order chi connectivity index (χ0) is 11.8. The van der Waals surface area contributed by atoms with Crippen molar-refractivity contribution in [3.63, 3.8) is 0 Å². The number of carbonyl (C=O) groups excluding carboxylic acids is 1. The summed E-state index contributed by atoms with van der Waals surface area (Å²) in [6, 6.07) is 3.39. The van der Waals surface area contributed by atoms with Gasteiger partial charge in [-0.1, -0.05) is 0 Å². The number of piperidine rings is 2. The summed E-state index contributed by atoms with van der Waals surface area (Å²) in [7, 11) is 0. The molecule has 0 spiro atoms. The van der Waals surface area contributed by atoms with E-state index in [9.17, 15) is 4.79 Å². The lowest BCUT2D eigenvalue weighted by Gasteiger charge is -2.49. The first-order valence-corrected chi connectivity index (χ1v) is 5.87. The highest BCUT2D eigenvalue weighted by Gasteiger charge is 2.45. The Labute approximate surface area is 99.4 Å². The average molecular weight is 233 g/mol. The maximum atomic E-state index is 11.0. The number of hydrogen-bond acceptors (Lipinski definition) is 4. The minimum atomic E-state index is -0.522. The normalized spacial score (nSPS) is 30.5. The molecule has 1 saturated carbocycles. The number of nitrogens with two attached hydrogens (primary N) is 1. The molecule has 1 aliphatic carbocycles. The zero-order valence-corrected chi connectivity index (χ0v) is 9.43. The summed E-state index contributed by atoms with van der Waals surface area (Å²) in [6.45, 7) is 2.05. The van der Waals surface area contributed by atoms with Crippen molar-refractivity contribution in [3.8, 4) is 5.75 Å². The lowest BCUT2D eigenvalue weighted by atomic mass is 9.69. The van der Waals surface area contributed by atoms with E-state index in [1.54, 1.807) is 18.3 Å². The molecule has 2 heterocycles. The van der Waals surface area contributed by atoms with E-state index in [0.717, 1.165) is 13.1 Å². The predicted octanol–water partition coefficient (Wildman–Crippen LogP) is 0.167. The van der Waals surface area contributed by atoms with Gasteiger partial charge in [-0.05, 0) is 12.5 Å². The van der Waals surface area contributed by atoms with Gasteiger partial charge in [0.25, 0.3) is 5.91 Å². The van der Waals surface area contributed by atoms with Gasteiger partial charge in [-0.3, -0.25) is 9.78 Å². The van der Waals surface area contributed by atoms with E-state index < -0.39 is 5.91 Å². The van der Waals surface area contributed by atoms with Gasteiger partial charge in [-0.25, -0.2) is 0 Å². The van der Waals surface area contributed by atoms with Crippen LogP contribution in [0.4, 0.5) is 0 Å². The summed E-state index contributed by atoms with van der Waals surface area (Å²) in [4.78, 5) is 14.9. The van der Waals surface area contributed by atoms with E-state index in [0.29, 0.717) is 17.6 Å². The van der Waals surface area contributed by atoms with Crippen LogP contribution in [-0.2, 0) is 0 Å². The van der Waals surface area contributed by atoms with E-state index >= 15 is 0 Å². The second kappa shape index (κ2) is 4.00. The second-order valence-corrected chi connectivity index (χ2v) is 4.74. The molecule has 0 aromatic carbocycles. The summed E-state index contributed by atoms with van der Waals surface area (Å²) in [5, 5.41) is 3.36. The zero-order valence-electron chi connectivity index (χ0n) is 9.43. The third kappa shape index (κ3) is 1.86. The molecule has 2 fully saturated rings. The van der Waals surface area contributed by atoms with Gasteiger partial charge in [0.1, 0.15) is 17.5 Å². The fourth-order valence-electron chi connectivity index (χ4n) is 2.67. The molecule has 0 radical (unpaired) electrons. The Morgan fingerprint density at radius 3 is 2.88 bits per heavy atom. The number of carbonyl (C=O) groups is 1. The number of ether oxygens (including phenoxy) is 1. The molecule has 2 aliphatic rings. The van der Waals surface area contributed by atoms with Crippen molar-refractivity contribution < 1.29 is 9.53 Å². The monoisotopic (exact) mass is 233 g/mol. The van der Waals surface area contributed by atoms with Crippen molar-refractivity contribution >= 4 is 5.91 Å². The highest BCUT2D eigenvalue weighted by molar-refractivity contribution is 5.91. The Hall–Kier alpha value is -1.62. The van der Waals surface area contributed by atoms with Gasteiger partial charge in [0.05, 0.1) is 0 Å². The lowest BCUT2D eigenvalue weighted by molar-refractivity contribution is -0.0446. The maximum absolute atomic E-state index is 11.0. The number of primary amides is 1. The van der Waals surface area contributed by atoms with Crippen LogP contribution in [0.1, 0.15) is 16.9 Å². The van der Waals surface area contributed by atoms with Crippen molar-refractivity contribution in [1.82, 2.24) is 10.3 Å². The van der Waals surface area contributed by atoms with Gasteiger partial charge in [0, 0.05) is 37.2 Å². The van der Waals surface area contributed by atoms with Gasteiger partial charge in [-0.2, -0.15) is 0 Å². The van der Waals surface area contributed by atoms with Crippen molar-refractivity contribution in [2.75, 3.05) is 13.1 Å². The van der Waals surface area contributed by atoms with Crippen LogP contribution in [0.25, 0.3) is 0 Å². The van der Waals surface area contributed by atoms with E-state index in [1.165, 1.54) is 6.42 Å². The van der Waals surface area contributed by atoms with Crippen LogP contribution in [0, 0.1) is 11.8 Å². The summed E-state index contributed by atoms with van der Waals surface area (Å²) in [5.41, 5.74) is 5.44. The van der Waals surface area contributed by atoms with Crippen LogP contribution in [0.15, 0.2) is 18.3 Å². The smallest absolute Gasteiger partial charge is 0.267 e. The van der Waals surface area contributed by atoms with Crippen molar-refractivity contribution in [2.24, 2.45) is 17.6 Å². The van der Waals surface area contributed by atoms with E-state index in [2.05, 4.69) is 10.3 Å². The number of nitrogens with zero attached hydrogens (tertiary/aromatic N) is 1. The number of hydrogen-bond donors (Lipinski definition) is 2. The van der Waals surface area contributed by atoms with Crippen molar-refractivity contribution in [3.05, 3.63) is 24.0 Å². The Morgan fingerprint density at radius 1 is 1.47 bits per heavy atom. The van der Waals surface area contributed by atoms with Crippen LogP contribution in [0.2, 0.25) is 0 Å². The number of amides is 1. The molecule has 5 nitrogen and oxygen atoms in total.